The molecule has 0 N–H and O–H groups in total. The maximum atomic E-state index is 4.44. The highest BCUT2D eigenvalue weighted by Crippen LogP contribution is 2.29. The first-order valence-corrected chi connectivity index (χ1v) is 9.32. The highest BCUT2D eigenvalue weighted by Gasteiger charge is 2.18. The van der Waals surface area contributed by atoms with Gasteiger partial charge in [-0.05, 0) is 36.9 Å². The molecule has 0 saturated heterocycles. The SMILES string of the molecule is CN(Cc1cccc2cnccc12)Cc1cncn1C1CCCCC1. The van der Waals surface area contributed by atoms with E-state index in [1.807, 2.05) is 24.9 Å². The Morgan fingerprint density at radius 1 is 1.04 bits per heavy atom. The molecule has 0 spiro atoms. The highest BCUT2D eigenvalue weighted by molar-refractivity contribution is 5.84. The molecule has 2 heterocycles. The van der Waals surface area contributed by atoms with E-state index in [1.165, 1.54) is 54.1 Å². The van der Waals surface area contributed by atoms with Crippen LogP contribution in [0, 0.1) is 0 Å². The van der Waals surface area contributed by atoms with E-state index < -0.39 is 0 Å². The average Bonchev–Trinajstić information content (AvgIpc) is 3.11. The lowest BCUT2D eigenvalue weighted by Crippen LogP contribution is -2.22. The maximum absolute atomic E-state index is 4.44. The molecule has 1 saturated carbocycles. The van der Waals surface area contributed by atoms with Crippen molar-refractivity contribution < 1.29 is 0 Å². The van der Waals surface area contributed by atoms with Gasteiger partial charge in [0.25, 0.3) is 0 Å². The molecule has 1 aromatic carbocycles. The van der Waals surface area contributed by atoms with Crippen molar-refractivity contribution in [2.45, 2.75) is 51.2 Å². The third-order valence-corrected chi connectivity index (χ3v) is 5.36. The van der Waals surface area contributed by atoms with Crippen LogP contribution in [-0.4, -0.2) is 26.5 Å². The second kappa shape index (κ2) is 7.36. The smallest absolute Gasteiger partial charge is 0.0951 e. The van der Waals surface area contributed by atoms with E-state index >= 15 is 0 Å². The molecule has 130 valence electrons. The van der Waals surface area contributed by atoms with Crippen molar-refractivity contribution in [2.75, 3.05) is 7.05 Å². The zero-order valence-corrected chi connectivity index (χ0v) is 14.9. The first kappa shape index (κ1) is 16.3. The Hall–Kier alpha value is -2.20. The van der Waals surface area contributed by atoms with Gasteiger partial charge in [-0.2, -0.15) is 0 Å². The van der Waals surface area contributed by atoms with Crippen LogP contribution in [-0.2, 0) is 13.1 Å². The lowest BCUT2D eigenvalue weighted by atomic mass is 9.95. The van der Waals surface area contributed by atoms with Crippen LogP contribution in [0.1, 0.15) is 49.4 Å². The molecule has 0 unspecified atom stereocenters. The highest BCUT2D eigenvalue weighted by atomic mass is 15.1. The van der Waals surface area contributed by atoms with E-state index in [0.29, 0.717) is 6.04 Å². The molecule has 4 nitrogen and oxygen atoms in total. The first-order chi connectivity index (χ1) is 12.3. The standard InChI is InChI=1S/C21H26N4/c1-24(14-18-7-5-6-17-12-22-11-10-21(17)18)15-20-13-23-16-25(20)19-8-3-2-4-9-19/h5-7,10-13,16,19H,2-4,8-9,14-15H2,1H3. The summed E-state index contributed by atoms with van der Waals surface area (Å²) in [5.41, 5.74) is 2.68. The summed E-state index contributed by atoms with van der Waals surface area (Å²) in [6.07, 6.45) is 14.6. The summed E-state index contributed by atoms with van der Waals surface area (Å²) in [5, 5.41) is 2.51. The van der Waals surface area contributed by atoms with E-state index in [4.69, 9.17) is 0 Å². The predicted molar refractivity (Wildman–Crippen MR) is 101 cm³/mol. The van der Waals surface area contributed by atoms with Crippen molar-refractivity contribution in [3.63, 3.8) is 0 Å². The summed E-state index contributed by atoms with van der Waals surface area (Å²) in [5.74, 6) is 0. The molecule has 2 aromatic heterocycles. The van der Waals surface area contributed by atoms with Gasteiger partial charge in [-0.1, -0.05) is 37.5 Å². The number of nitrogens with zero attached hydrogens (tertiary/aromatic N) is 4. The molecule has 0 atom stereocenters. The molecular formula is C21H26N4. The number of fused-ring (bicyclic) bond motifs is 1. The molecule has 0 aliphatic heterocycles. The van der Waals surface area contributed by atoms with E-state index in [2.05, 4.69) is 50.7 Å². The van der Waals surface area contributed by atoms with Gasteiger partial charge in [0, 0.05) is 43.1 Å². The van der Waals surface area contributed by atoms with Crippen molar-refractivity contribution >= 4 is 10.8 Å². The molecule has 0 bridgehead atoms. The number of hydrogen-bond donors (Lipinski definition) is 0. The Morgan fingerprint density at radius 2 is 1.92 bits per heavy atom. The molecule has 25 heavy (non-hydrogen) atoms. The van der Waals surface area contributed by atoms with Crippen molar-refractivity contribution in [2.24, 2.45) is 0 Å². The lowest BCUT2D eigenvalue weighted by Gasteiger charge is -2.26. The Kier molecular flexibility index (Phi) is 4.79. The Bertz CT molecular complexity index is 827. The van der Waals surface area contributed by atoms with Crippen molar-refractivity contribution in [1.29, 1.82) is 0 Å². The third-order valence-electron chi connectivity index (χ3n) is 5.36. The zero-order chi connectivity index (χ0) is 17.1. The quantitative estimate of drug-likeness (QED) is 0.685. The summed E-state index contributed by atoms with van der Waals surface area (Å²) in [4.78, 5) is 11.0. The fourth-order valence-corrected chi connectivity index (χ4v) is 4.09. The summed E-state index contributed by atoms with van der Waals surface area (Å²) < 4.78 is 2.42. The predicted octanol–water partition coefficient (Wildman–Crippen LogP) is 4.57. The normalized spacial score (nSPS) is 15.9. The van der Waals surface area contributed by atoms with Gasteiger partial charge in [-0.3, -0.25) is 9.88 Å². The monoisotopic (exact) mass is 334 g/mol. The Morgan fingerprint density at radius 3 is 2.80 bits per heavy atom. The summed E-state index contributed by atoms with van der Waals surface area (Å²) >= 11 is 0. The van der Waals surface area contributed by atoms with Crippen LogP contribution in [0.4, 0.5) is 0 Å². The molecule has 4 rings (SSSR count). The summed E-state index contributed by atoms with van der Waals surface area (Å²) in [6.45, 7) is 1.86. The molecule has 4 heteroatoms. The molecule has 1 aliphatic carbocycles. The fraction of sp³-hybridized carbons (Fsp3) is 0.429. The van der Waals surface area contributed by atoms with Gasteiger partial charge in [0.2, 0.25) is 0 Å². The van der Waals surface area contributed by atoms with Gasteiger partial charge < -0.3 is 4.57 Å². The van der Waals surface area contributed by atoms with E-state index in [0.717, 1.165) is 13.1 Å². The number of rotatable bonds is 5. The lowest BCUT2D eigenvalue weighted by molar-refractivity contribution is 0.291. The van der Waals surface area contributed by atoms with Crippen LogP contribution in [0.25, 0.3) is 10.8 Å². The Labute approximate surface area is 149 Å². The molecule has 0 radical (unpaired) electrons. The minimum absolute atomic E-state index is 0.642. The molecular weight excluding hydrogens is 308 g/mol. The van der Waals surface area contributed by atoms with Crippen LogP contribution >= 0.6 is 0 Å². The molecule has 0 amide bonds. The van der Waals surface area contributed by atoms with Crippen LogP contribution < -0.4 is 0 Å². The van der Waals surface area contributed by atoms with Crippen molar-refractivity contribution in [1.82, 2.24) is 19.4 Å². The molecule has 1 fully saturated rings. The Balaban J connectivity index is 1.49. The first-order valence-electron chi connectivity index (χ1n) is 9.32. The van der Waals surface area contributed by atoms with Gasteiger partial charge in [0.15, 0.2) is 0 Å². The van der Waals surface area contributed by atoms with Crippen LogP contribution in [0.3, 0.4) is 0 Å². The number of aromatic nitrogens is 3. The minimum Gasteiger partial charge on any atom is -0.330 e. The zero-order valence-electron chi connectivity index (χ0n) is 14.9. The van der Waals surface area contributed by atoms with Crippen LogP contribution in [0.2, 0.25) is 0 Å². The maximum Gasteiger partial charge on any atom is 0.0951 e. The van der Waals surface area contributed by atoms with Gasteiger partial charge in [-0.15, -0.1) is 0 Å². The number of hydrogen-bond acceptors (Lipinski definition) is 3. The second-order valence-corrected chi connectivity index (χ2v) is 7.27. The number of pyridine rings is 1. The largest absolute Gasteiger partial charge is 0.330 e. The molecule has 3 aromatic rings. The topological polar surface area (TPSA) is 34.0 Å². The van der Waals surface area contributed by atoms with Crippen LogP contribution in [0.15, 0.2) is 49.2 Å². The number of imidazole rings is 1. The van der Waals surface area contributed by atoms with E-state index in [1.54, 1.807) is 0 Å². The summed E-state index contributed by atoms with van der Waals surface area (Å²) in [6, 6.07) is 9.23. The van der Waals surface area contributed by atoms with Crippen molar-refractivity contribution in [3.05, 3.63) is 60.4 Å². The third kappa shape index (κ3) is 3.59. The van der Waals surface area contributed by atoms with Gasteiger partial charge in [0.05, 0.1) is 12.0 Å². The van der Waals surface area contributed by atoms with E-state index in [9.17, 15) is 0 Å². The summed E-state index contributed by atoms with van der Waals surface area (Å²) in [7, 11) is 2.19. The fourth-order valence-electron chi connectivity index (χ4n) is 4.09. The number of benzene rings is 1. The van der Waals surface area contributed by atoms with Crippen molar-refractivity contribution in [3.8, 4) is 0 Å². The second-order valence-electron chi connectivity index (χ2n) is 7.27. The van der Waals surface area contributed by atoms with Gasteiger partial charge in [0.1, 0.15) is 0 Å². The minimum atomic E-state index is 0.642. The van der Waals surface area contributed by atoms with Gasteiger partial charge >= 0.3 is 0 Å². The van der Waals surface area contributed by atoms with Gasteiger partial charge in [-0.25, -0.2) is 4.98 Å². The molecule has 1 aliphatic rings. The average molecular weight is 334 g/mol. The van der Waals surface area contributed by atoms with Crippen LogP contribution in [0.5, 0.6) is 0 Å². The van der Waals surface area contributed by atoms with E-state index in [-0.39, 0.29) is 0 Å².